The highest BCUT2D eigenvalue weighted by Gasteiger charge is 2.33. The van der Waals surface area contributed by atoms with E-state index in [0.29, 0.717) is 24.1 Å². The third kappa shape index (κ3) is 3.57. The van der Waals surface area contributed by atoms with Gasteiger partial charge in [-0.3, -0.25) is 4.90 Å². The lowest BCUT2D eigenvalue weighted by Gasteiger charge is -2.45. The summed E-state index contributed by atoms with van der Waals surface area (Å²) in [6, 6.07) is 18.3. The van der Waals surface area contributed by atoms with Crippen LogP contribution in [0.5, 0.6) is 0 Å². The zero-order valence-electron chi connectivity index (χ0n) is 14.9. The normalized spacial score (nSPS) is 22.5. The minimum Gasteiger partial charge on any atom is -0.289 e. The Labute approximate surface area is 154 Å². The molecule has 2 aromatic carbocycles. The quantitative estimate of drug-likeness (QED) is 0.729. The second-order valence-electron chi connectivity index (χ2n) is 7.43. The van der Waals surface area contributed by atoms with Gasteiger partial charge in [-0.2, -0.15) is 5.26 Å². The molecular weight excluding hydrogens is 323 g/mol. The molecule has 2 atom stereocenters. The summed E-state index contributed by atoms with van der Waals surface area (Å²) in [5.41, 5.74) is 4.11. The number of rotatable bonds is 4. The van der Waals surface area contributed by atoms with E-state index in [4.69, 9.17) is 0 Å². The second-order valence-corrected chi connectivity index (χ2v) is 7.43. The van der Waals surface area contributed by atoms with E-state index in [0.717, 1.165) is 18.5 Å². The third-order valence-electron chi connectivity index (χ3n) is 5.67. The van der Waals surface area contributed by atoms with E-state index in [1.807, 2.05) is 0 Å². The van der Waals surface area contributed by atoms with E-state index in [2.05, 4.69) is 47.4 Å². The molecule has 0 amide bonds. The number of nitriles is 1. The number of nitrogens with zero attached hydrogens (tertiary/aromatic N) is 2. The van der Waals surface area contributed by atoms with Crippen LogP contribution < -0.4 is 0 Å². The Morgan fingerprint density at radius 1 is 1.12 bits per heavy atom. The van der Waals surface area contributed by atoms with Crippen LogP contribution in [0.2, 0.25) is 0 Å². The van der Waals surface area contributed by atoms with Crippen LogP contribution in [0.3, 0.4) is 0 Å². The molecule has 1 saturated heterocycles. The number of halogens is 1. The largest absolute Gasteiger partial charge is 0.289 e. The van der Waals surface area contributed by atoms with Crippen LogP contribution in [0, 0.1) is 17.1 Å². The van der Waals surface area contributed by atoms with Gasteiger partial charge >= 0.3 is 0 Å². The van der Waals surface area contributed by atoms with Crippen molar-refractivity contribution >= 4 is 0 Å². The van der Waals surface area contributed by atoms with Crippen LogP contribution in [-0.2, 0) is 13.0 Å². The Bertz CT molecular complexity index is 850. The molecule has 26 heavy (non-hydrogen) atoms. The van der Waals surface area contributed by atoms with E-state index >= 15 is 0 Å². The van der Waals surface area contributed by atoms with Gasteiger partial charge < -0.3 is 0 Å². The molecule has 1 fully saturated rings. The average molecular weight is 346 g/mol. The average Bonchev–Trinajstić information content (AvgIpc) is 2.63. The van der Waals surface area contributed by atoms with Crippen molar-refractivity contribution < 1.29 is 4.39 Å². The molecule has 2 heterocycles. The molecule has 2 unspecified atom stereocenters. The van der Waals surface area contributed by atoms with E-state index in [-0.39, 0.29) is 5.82 Å². The molecule has 2 aliphatic rings. The second kappa shape index (κ2) is 7.43. The first-order chi connectivity index (χ1) is 12.7. The molecule has 0 aromatic heterocycles. The molecule has 2 bridgehead atoms. The minimum atomic E-state index is -0.263. The third-order valence-corrected chi connectivity index (χ3v) is 5.67. The highest BCUT2D eigenvalue weighted by molar-refractivity contribution is 5.40. The van der Waals surface area contributed by atoms with Gasteiger partial charge in [-0.15, -0.1) is 0 Å². The van der Waals surface area contributed by atoms with Crippen molar-refractivity contribution in [1.29, 1.82) is 5.26 Å². The number of piperidine rings is 1. The summed E-state index contributed by atoms with van der Waals surface area (Å²) in [6.07, 6.45) is 7.76. The van der Waals surface area contributed by atoms with Crippen molar-refractivity contribution in [3.8, 4) is 6.07 Å². The van der Waals surface area contributed by atoms with Gasteiger partial charge in [0.25, 0.3) is 0 Å². The number of hydrogen-bond acceptors (Lipinski definition) is 2. The Balaban J connectivity index is 1.55. The first-order valence-electron chi connectivity index (χ1n) is 9.40. The van der Waals surface area contributed by atoms with Gasteiger partial charge in [0.1, 0.15) is 5.82 Å². The summed E-state index contributed by atoms with van der Waals surface area (Å²) in [5.74, 6) is -0.263. The minimum absolute atomic E-state index is 0.263. The van der Waals surface area contributed by atoms with E-state index in [1.165, 1.54) is 42.5 Å². The predicted octanol–water partition coefficient (Wildman–Crippen LogP) is 4.99. The fourth-order valence-corrected chi connectivity index (χ4v) is 4.44. The highest BCUT2D eigenvalue weighted by atomic mass is 19.1. The van der Waals surface area contributed by atoms with Gasteiger partial charge in [0.15, 0.2) is 0 Å². The van der Waals surface area contributed by atoms with Crippen molar-refractivity contribution in [3.05, 3.63) is 82.7 Å². The summed E-state index contributed by atoms with van der Waals surface area (Å²) in [7, 11) is 0. The van der Waals surface area contributed by atoms with Crippen molar-refractivity contribution in [1.82, 2.24) is 4.90 Å². The maximum Gasteiger partial charge on any atom is 0.123 e. The molecule has 0 N–H and O–H groups in total. The highest BCUT2D eigenvalue weighted by Crippen LogP contribution is 2.35. The molecule has 0 aliphatic carbocycles. The lowest BCUT2D eigenvalue weighted by atomic mass is 9.82. The van der Waals surface area contributed by atoms with Gasteiger partial charge in [-0.05, 0) is 55.0 Å². The Kier molecular flexibility index (Phi) is 4.86. The van der Waals surface area contributed by atoms with Crippen LogP contribution in [0.4, 0.5) is 4.39 Å². The maximum absolute atomic E-state index is 13.6. The fraction of sp³-hybridized carbons (Fsp3) is 0.348. The van der Waals surface area contributed by atoms with Crippen LogP contribution in [0.1, 0.15) is 42.4 Å². The van der Waals surface area contributed by atoms with E-state index in [9.17, 15) is 9.65 Å². The van der Waals surface area contributed by atoms with Crippen LogP contribution in [0.15, 0.2) is 60.2 Å². The molecule has 2 nitrogen and oxygen atoms in total. The maximum atomic E-state index is 13.6. The van der Waals surface area contributed by atoms with Gasteiger partial charge in [-0.25, -0.2) is 4.39 Å². The van der Waals surface area contributed by atoms with Crippen molar-refractivity contribution in [2.75, 3.05) is 0 Å². The summed E-state index contributed by atoms with van der Waals surface area (Å²) >= 11 is 0. The van der Waals surface area contributed by atoms with E-state index in [1.54, 1.807) is 6.07 Å². The molecule has 4 rings (SSSR count). The number of benzene rings is 2. The molecule has 0 saturated carbocycles. The molecule has 3 heteroatoms. The standard InChI is InChI=1S/C23H23FN2/c24-21-10-9-19(15-25)20(14-21)11-18-12-22-7-4-8-23(13-18)26(22)16-17-5-2-1-3-6-17/h1-3,5-6,9-10,12,14,22-23H,4,7-8,11,13,16H2. The topological polar surface area (TPSA) is 27.0 Å². The smallest absolute Gasteiger partial charge is 0.123 e. The van der Waals surface area contributed by atoms with Crippen molar-refractivity contribution in [2.45, 2.75) is 50.7 Å². The predicted molar refractivity (Wildman–Crippen MR) is 101 cm³/mol. The Morgan fingerprint density at radius 3 is 2.73 bits per heavy atom. The van der Waals surface area contributed by atoms with Crippen molar-refractivity contribution in [2.24, 2.45) is 0 Å². The monoisotopic (exact) mass is 346 g/mol. The molecule has 0 spiro atoms. The first-order valence-corrected chi connectivity index (χ1v) is 9.40. The molecule has 132 valence electrons. The molecule has 2 aromatic rings. The van der Waals surface area contributed by atoms with Gasteiger partial charge in [0.2, 0.25) is 0 Å². The van der Waals surface area contributed by atoms with Gasteiger partial charge in [0, 0.05) is 18.6 Å². The molecule has 2 aliphatic heterocycles. The number of hydrogen-bond donors (Lipinski definition) is 0. The Hall–Kier alpha value is -2.44. The molecular formula is C23H23FN2. The number of fused-ring (bicyclic) bond motifs is 2. The van der Waals surface area contributed by atoms with Crippen LogP contribution in [0.25, 0.3) is 0 Å². The summed E-state index contributed by atoms with van der Waals surface area (Å²) in [6.45, 7) is 0.989. The first kappa shape index (κ1) is 17.0. The summed E-state index contributed by atoms with van der Waals surface area (Å²) in [5, 5.41) is 9.31. The zero-order chi connectivity index (χ0) is 17.9. The van der Waals surface area contributed by atoms with Gasteiger partial charge in [0.05, 0.1) is 11.6 Å². The lowest BCUT2D eigenvalue weighted by molar-refractivity contribution is 0.0880. The van der Waals surface area contributed by atoms with Crippen LogP contribution >= 0.6 is 0 Å². The van der Waals surface area contributed by atoms with Gasteiger partial charge in [-0.1, -0.05) is 48.4 Å². The molecule has 0 radical (unpaired) electrons. The zero-order valence-corrected chi connectivity index (χ0v) is 14.9. The van der Waals surface area contributed by atoms with Crippen LogP contribution in [-0.4, -0.2) is 17.0 Å². The van der Waals surface area contributed by atoms with Crippen molar-refractivity contribution in [3.63, 3.8) is 0 Å². The fourth-order valence-electron chi connectivity index (χ4n) is 4.44. The SMILES string of the molecule is N#Cc1ccc(F)cc1CC1=CC2CCCC(C1)N2Cc1ccccc1. The summed E-state index contributed by atoms with van der Waals surface area (Å²) < 4.78 is 13.6. The van der Waals surface area contributed by atoms with E-state index < -0.39 is 0 Å². The lowest BCUT2D eigenvalue weighted by Crippen LogP contribution is -2.48. The summed E-state index contributed by atoms with van der Waals surface area (Å²) in [4.78, 5) is 2.62. The Morgan fingerprint density at radius 2 is 1.96 bits per heavy atom.